The smallest absolute Gasteiger partial charge is 0.135 e. The van der Waals surface area contributed by atoms with Gasteiger partial charge in [0.2, 0.25) is 0 Å². The van der Waals surface area contributed by atoms with Crippen molar-refractivity contribution in [3.8, 4) is 17.6 Å². The lowest BCUT2D eigenvalue weighted by Gasteiger charge is -2.10. The van der Waals surface area contributed by atoms with Crippen LogP contribution in [-0.4, -0.2) is 5.88 Å². The molecule has 0 heterocycles. The lowest BCUT2D eigenvalue weighted by molar-refractivity contribution is 0.304. The third kappa shape index (κ3) is 4.51. The number of halogens is 2. The van der Waals surface area contributed by atoms with Crippen LogP contribution in [0.25, 0.3) is 0 Å². The number of aryl methyl sites for hydroxylation is 1. The molecule has 0 aliphatic carbocycles. The van der Waals surface area contributed by atoms with Gasteiger partial charge in [-0.1, -0.05) is 30.0 Å². The molecular formula is C18H16ClFO. The Labute approximate surface area is 129 Å². The van der Waals surface area contributed by atoms with Crippen molar-refractivity contribution in [3.05, 3.63) is 65.0 Å². The van der Waals surface area contributed by atoms with Gasteiger partial charge in [-0.3, -0.25) is 0 Å². The van der Waals surface area contributed by atoms with Crippen LogP contribution in [-0.2, 0) is 6.61 Å². The van der Waals surface area contributed by atoms with E-state index in [9.17, 15) is 4.39 Å². The van der Waals surface area contributed by atoms with Crippen LogP contribution in [0.5, 0.6) is 5.75 Å². The molecule has 0 aromatic heterocycles. The molecule has 2 aromatic carbocycles. The van der Waals surface area contributed by atoms with E-state index in [1.165, 1.54) is 12.1 Å². The first-order valence-electron chi connectivity index (χ1n) is 6.72. The van der Waals surface area contributed by atoms with Crippen molar-refractivity contribution in [2.45, 2.75) is 20.0 Å². The van der Waals surface area contributed by atoms with Crippen molar-refractivity contribution < 1.29 is 9.13 Å². The van der Waals surface area contributed by atoms with Gasteiger partial charge in [-0.25, -0.2) is 4.39 Å². The van der Waals surface area contributed by atoms with Gasteiger partial charge in [0.1, 0.15) is 18.2 Å². The van der Waals surface area contributed by atoms with Gasteiger partial charge in [-0.2, -0.15) is 0 Å². The highest BCUT2D eigenvalue weighted by molar-refractivity contribution is 6.18. The molecule has 2 aromatic rings. The number of ether oxygens (including phenoxy) is 1. The lowest BCUT2D eigenvalue weighted by atomic mass is 10.1. The van der Waals surface area contributed by atoms with Crippen molar-refractivity contribution >= 4 is 11.6 Å². The Morgan fingerprint density at radius 3 is 2.81 bits per heavy atom. The Morgan fingerprint density at radius 1 is 1.19 bits per heavy atom. The van der Waals surface area contributed by atoms with Crippen molar-refractivity contribution in [2.24, 2.45) is 0 Å². The van der Waals surface area contributed by atoms with Gasteiger partial charge >= 0.3 is 0 Å². The second kappa shape index (κ2) is 7.71. The van der Waals surface area contributed by atoms with Crippen LogP contribution in [0.2, 0.25) is 0 Å². The predicted octanol–water partition coefficient (Wildman–Crippen LogP) is 4.69. The third-order valence-corrected chi connectivity index (χ3v) is 3.21. The molecule has 0 fully saturated rings. The molecule has 0 saturated heterocycles. The molecule has 0 atom stereocenters. The third-order valence-electron chi connectivity index (χ3n) is 3.02. The fraction of sp³-hybridized carbons (Fsp3) is 0.222. The van der Waals surface area contributed by atoms with Gasteiger partial charge in [0.25, 0.3) is 0 Å². The van der Waals surface area contributed by atoms with Crippen LogP contribution in [0, 0.1) is 24.6 Å². The quantitative estimate of drug-likeness (QED) is 0.588. The monoisotopic (exact) mass is 302 g/mol. The van der Waals surface area contributed by atoms with Gasteiger partial charge in [0, 0.05) is 12.3 Å². The summed E-state index contributed by atoms with van der Waals surface area (Å²) < 4.78 is 19.1. The molecule has 21 heavy (non-hydrogen) atoms. The number of benzene rings is 2. The van der Waals surface area contributed by atoms with E-state index in [1.807, 2.05) is 31.2 Å². The number of hydrogen-bond donors (Lipinski definition) is 0. The van der Waals surface area contributed by atoms with E-state index in [1.54, 1.807) is 6.07 Å². The van der Waals surface area contributed by atoms with Gasteiger partial charge < -0.3 is 4.74 Å². The van der Waals surface area contributed by atoms with Crippen LogP contribution in [0.15, 0.2) is 42.5 Å². The maximum Gasteiger partial charge on any atom is 0.135 e. The zero-order valence-corrected chi connectivity index (χ0v) is 12.6. The molecule has 0 aliphatic heterocycles. The van der Waals surface area contributed by atoms with Crippen LogP contribution in [0.3, 0.4) is 0 Å². The molecule has 0 saturated carbocycles. The number of rotatable bonds is 4. The number of hydrogen-bond acceptors (Lipinski definition) is 1. The Balaban J connectivity index is 2.13. The van der Waals surface area contributed by atoms with E-state index in [0.29, 0.717) is 24.7 Å². The fourth-order valence-corrected chi connectivity index (χ4v) is 1.95. The van der Waals surface area contributed by atoms with Gasteiger partial charge in [-0.15, -0.1) is 11.6 Å². The summed E-state index contributed by atoms with van der Waals surface area (Å²) in [4.78, 5) is 0. The molecule has 1 nitrogen and oxygen atoms in total. The summed E-state index contributed by atoms with van der Waals surface area (Å²) >= 11 is 5.61. The summed E-state index contributed by atoms with van der Waals surface area (Å²) in [5.74, 6) is 6.99. The first-order chi connectivity index (χ1) is 10.2. The van der Waals surface area contributed by atoms with E-state index >= 15 is 0 Å². The molecule has 0 N–H and O–H groups in total. The fourth-order valence-electron chi connectivity index (χ4n) is 1.85. The van der Waals surface area contributed by atoms with Crippen molar-refractivity contribution in [1.82, 2.24) is 0 Å². The highest BCUT2D eigenvalue weighted by atomic mass is 35.5. The zero-order valence-electron chi connectivity index (χ0n) is 11.8. The van der Waals surface area contributed by atoms with E-state index < -0.39 is 0 Å². The molecule has 0 spiro atoms. The van der Waals surface area contributed by atoms with Gasteiger partial charge in [0.15, 0.2) is 0 Å². The molecule has 2 rings (SSSR count). The maximum absolute atomic E-state index is 13.3. The van der Waals surface area contributed by atoms with E-state index in [-0.39, 0.29) is 5.82 Å². The molecule has 0 aliphatic rings. The standard InChI is InChI=1S/C18H16ClFO/c1-14-9-10-17(20)12-16(14)13-21-18-8-3-2-6-15(18)7-4-5-11-19/h2-3,6,8-10,12H,5,11,13H2,1H3. The van der Waals surface area contributed by atoms with Crippen LogP contribution < -0.4 is 4.74 Å². The second-order valence-corrected chi connectivity index (χ2v) is 4.97. The predicted molar refractivity (Wildman–Crippen MR) is 84.1 cm³/mol. The molecular weight excluding hydrogens is 287 g/mol. The summed E-state index contributed by atoms with van der Waals surface area (Å²) in [5.41, 5.74) is 2.65. The van der Waals surface area contributed by atoms with E-state index in [4.69, 9.17) is 16.3 Å². The number of para-hydroxylation sites is 1. The van der Waals surface area contributed by atoms with Crippen LogP contribution >= 0.6 is 11.6 Å². The largest absolute Gasteiger partial charge is 0.488 e. The maximum atomic E-state index is 13.3. The van der Waals surface area contributed by atoms with Gasteiger partial charge in [-0.05, 0) is 42.3 Å². The minimum Gasteiger partial charge on any atom is -0.488 e. The molecule has 0 radical (unpaired) electrons. The Kier molecular flexibility index (Phi) is 5.66. The SMILES string of the molecule is Cc1ccc(F)cc1COc1ccccc1C#CCCCl. The molecule has 0 bridgehead atoms. The van der Waals surface area contributed by atoms with Crippen molar-refractivity contribution in [2.75, 3.05) is 5.88 Å². The van der Waals surface area contributed by atoms with Crippen molar-refractivity contribution in [3.63, 3.8) is 0 Å². The summed E-state index contributed by atoms with van der Waals surface area (Å²) in [6.07, 6.45) is 0.638. The second-order valence-electron chi connectivity index (χ2n) is 4.60. The van der Waals surface area contributed by atoms with Crippen LogP contribution in [0.4, 0.5) is 4.39 Å². The average molecular weight is 303 g/mol. The minimum atomic E-state index is -0.255. The normalized spacial score (nSPS) is 9.86. The minimum absolute atomic E-state index is 0.255. The molecule has 3 heteroatoms. The number of alkyl halides is 1. The van der Waals surface area contributed by atoms with Crippen LogP contribution in [0.1, 0.15) is 23.1 Å². The highest BCUT2D eigenvalue weighted by Gasteiger charge is 2.04. The molecule has 0 amide bonds. The zero-order chi connectivity index (χ0) is 15.1. The lowest BCUT2D eigenvalue weighted by Crippen LogP contribution is -2.00. The summed E-state index contributed by atoms with van der Waals surface area (Å²) in [6.45, 7) is 2.25. The first kappa shape index (κ1) is 15.4. The molecule has 0 unspecified atom stereocenters. The summed E-state index contributed by atoms with van der Waals surface area (Å²) in [5, 5.41) is 0. The van der Waals surface area contributed by atoms with Gasteiger partial charge in [0.05, 0.1) is 5.56 Å². The summed E-state index contributed by atoms with van der Waals surface area (Å²) in [7, 11) is 0. The average Bonchev–Trinajstić information content (AvgIpc) is 2.49. The van der Waals surface area contributed by atoms with E-state index in [0.717, 1.165) is 16.7 Å². The molecule has 108 valence electrons. The Hall–Kier alpha value is -1.98. The highest BCUT2D eigenvalue weighted by Crippen LogP contribution is 2.19. The Morgan fingerprint density at radius 2 is 2.00 bits per heavy atom. The topological polar surface area (TPSA) is 9.23 Å². The summed E-state index contributed by atoms with van der Waals surface area (Å²) in [6, 6.07) is 12.3. The first-order valence-corrected chi connectivity index (χ1v) is 7.26. The van der Waals surface area contributed by atoms with Crippen molar-refractivity contribution in [1.29, 1.82) is 0 Å². The van der Waals surface area contributed by atoms with E-state index in [2.05, 4.69) is 11.8 Å². The Bertz CT molecular complexity index is 670.